The van der Waals surface area contributed by atoms with Gasteiger partial charge in [0.2, 0.25) is 0 Å². The summed E-state index contributed by atoms with van der Waals surface area (Å²) in [6, 6.07) is 0. The molecular formula is C24H41B. The van der Waals surface area contributed by atoms with Gasteiger partial charge in [0.15, 0.2) is 6.71 Å². The first-order chi connectivity index (χ1) is 11.7. The van der Waals surface area contributed by atoms with E-state index in [1.54, 1.807) is 0 Å². The second kappa shape index (κ2) is 5.90. The molecule has 4 aliphatic carbocycles. The van der Waals surface area contributed by atoms with E-state index in [9.17, 15) is 0 Å². The topological polar surface area (TPSA) is 0 Å². The molecule has 0 aromatic heterocycles. The molecule has 8 atom stereocenters. The van der Waals surface area contributed by atoms with Crippen molar-refractivity contribution in [2.75, 3.05) is 0 Å². The van der Waals surface area contributed by atoms with E-state index in [1.165, 1.54) is 32.0 Å². The van der Waals surface area contributed by atoms with Crippen molar-refractivity contribution in [2.45, 2.75) is 92.1 Å². The van der Waals surface area contributed by atoms with Gasteiger partial charge < -0.3 is 0 Å². The average molecular weight is 340 g/mol. The molecule has 0 bridgehead atoms. The Kier molecular flexibility index (Phi) is 4.29. The first kappa shape index (κ1) is 18.2. The summed E-state index contributed by atoms with van der Waals surface area (Å²) in [5, 5.41) is 0. The van der Waals surface area contributed by atoms with Gasteiger partial charge >= 0.3 is 0 Å². The molecule has 0 heterocycles. The lowest BCUT2D eigenvalue weighted by Gasteiger charge is -2.42. The van der Waals surface area contributed by atoms with Crippen LogP contribution in [0.3, 0.4) is 0 Å². The Morgan fingerprint density at radius 1 is 0.800 bits per heavy atom. The maximum absolute atomic E-state index is 2.60. The van der Waals surface area contributed by atoms with Crippen LogP contribution >= 0.6 is 0 Å². The molecule has 4 saturated carbocycles. The Morgan fingerprint density at radius 2 is 1.24 bits per heavy atom. The van der Waals surface area contributed by atoms with Gasteiger partial charge in [0, 0.05) is 0 Å². The number of allylic oxidation sites excluding steroid dienone is 2. The molecular weight excluding hydrogens is 299 g/mol. The summed E-state index contributed by atoms with van der Waals surface area (Å²) in [6.45, 7) is 18.7. The van der Waals surface area contributed by atoms with Crippen molar-refractivity contribution in [1.29, 1.82) is 0 Å². The molecule has 0 saturated heterocycles. The van der Waals surface area contributed by atoms with Gasteiger partial charge in [0.1, 0.15) is 0 Å². The van der Waals surface area contributed by atoms with Gasteiger partial charge in [-0.1, -0.05) is 84.5 Å². The third-order valence-corrected chi connectivity index (χ3v) is 9.92. The Labute approximate surface area is 157 Å². The van der Waals surface area contributed by atoms with Gasteiger partial charge in [0.05, 0.1) is 0 Å². The number of rotatable bonds is 4. The third kappa shape index (κ3) is 2.61. The van der Waals surface area contributed by atoms with Crippen LogP contribution in [-0.2, 0) is 0 Å². The van der Waals surface area contributed by atoms with Crippen LogP contribution in [0, 0.1) is 46.3 Å². The first-order valence-electron chi connectivity index (χ1n) is 11.3. The molecule has 0 nitrogen and oxygen atoms in total. The monoisotopic (exact) mass is 340 g/mol. The van der Waals surface area contributed by atoms with Crippen LogP contribution in [-0.4, -0.2) is 6.71 Å². The van der Waals surface area contributed by atoms with E-state index in [-0.39, 0.29) is 0 Å². The van der Waals surface area contributed by atoms with Gasteiger partial charge in [-0.15, -0.1) is 0 Å². The number of hydrogen-bond donors (Lipinski definition) is 0. The third-order valence-electron chi connectivity index (χ3n) is 9.92. The van der Waals surface area contributed by atoms with Gasteiger partial charge in [-0.25, -0.2) is 0 Å². The molecule has 0 unspecified atom stereocenters. The van der Waals surface area contributed by atoms with Crippen molar-refractivity contribution in [2.24, 2.45) is 46.3 Å². The van der Waals surface area contributed by atoms with Gasteiger partial charge in [-0.05, 0) is 66.1 Å². The number of fused-ring (bicyclic) bond motifs is 2. The molecule has 0 spiro atoms. The zero-order chi connectivity index (χ0) is 18.1. The molecule has 0 amide bonds. The van der Waals surface area contributed by atoms with Crippen LogP contribution < -0.4 is 0 Å². The van der Waals surface area contributed by atoms with E-state index in [4.69, 9.17) is 0 Å². The highest BCUT2D eigenvalue weighted by Crippen LogP contribution is 2.75. The number of hydrogen-bond acceptors (Lipinski definition) is 0. The predicted octanol–water partition coefficient (Wildman–Crippen LogP) is 7.20. The zero-order valence-corrected chi connectivity index (χ0v) is 17.9. The molecule has 0 aromatic rings. The molecule has 1 heteroatoms. The van der Waals surface area contributed by atoms with Crippen LogP contribution in [0.4, 0.5) is 0 Å². The summed E-state index contributed by atoms with van der Waals surface area (Å²) >= 11 is 0. The summed E-state index contributed by atoms with van der Waals surface area (Å²) < 4.78 is 0. The summed E-state index contributed by atoms with van der Waals surface area (Å²) in [6.07, 6.45) is 12.2. The highest BCUT2D eigenvalue weighted by Gasteiger charge is 2.69. The minimum Gasteiger partial charge on any atom is -0.0960 e. The quantitative estimate of drug-likeness (QED) is 0.375. The predicted molar refractivity (Wildman–Crippen MR) is 111 cm³/mol. The largest absolute Gasteiger partial charge is 0.151 e. The van der Waals surface area contributed by atoms with Crippen LogP contribution in [0.25, 0.3) is 0 Å². The summed E-state index contributed by atoms with van der Waals surface area (Å²) in [7, 11) is 0. The molecule has 0 radical (unpaired) electrons. The molecule has 0 aliphatic heterocycles. The lowest BCUT2D eigenvalue weighted by molar-refractivity contribution is 0.326. The lowest BCUT2D eigenvalue weighted by Crippen LogP contribution is -2.39. The van der Waals surface area contributed by atoms with E-state index in [0.717, 1.165) is 53.9 Å². The zero-order valence-electron chi connectivity index (χ0n) is 17.9. The second-order valence-electron chi connectivity index (χ2n) is 11.6. The van der Waals surface area contributed by atoms with E-state index in [1.807, 2.05) is 0 Å². The van der Waals surface area contributed by atoms with Crippen molar-refractivity contribution in [3.8, 4) is 0 Å². The molecule has 4 aliphatic rings. The molecule has 0 aromatic carbocycles. The highest BCUT2D eigenvalue weighted by atomic mass is 14.7. The fourth-order valence-corrected chi connectivity index (χ4v) is 8.42. The second-order valence-corrected chi connectivity index (χ2v) is 11.6. The van der Waals surface area contributed by atoms with Gasteiger partial charge in [-0.2, -0.15) is 0 Å². The van der Waals surface area contributed by atoms with Crippen molar-refractivity contribution < 1.29 is 0 Å². The maximum atomic E-state index is 2.60. The van der Waals surface area contributed by atoms with Crippen LogP contribution in [0.2, 0.25) is 18.0 Å². The summed E-state index contributed by atoms with van der Waals surface area (Å²) in [5.74, 6) is 7.93. The van der Waals surface area contributed by atoms with E-state index < -0.39 is 0 Å². The van der Waals surface area contributed by atoms with E-state index >= 15 is 0 Å². The van der Waals surface area contributed by atoms with Crippen LogP contribution in [0.15, 0.2) is 12.2 Å². The molecule has 4 fully saturated rings. The standard InChI is InChI=1S/C24H41B/c1-8-9-14-25(21-15(2)10-12-17-19(21)23(17,4)5)22-16(3)11-13-18-20(22)24(18,6)7/h8-9,15-22H,10-14H2,1-7H3/b9-8-/t15-,16-,17+,18+,19+,20+,21+,22+/m0/s1. The summed E-state index contributed by atoms with van der Waals surface area (Å²) in [4.78, 5) is 0. The van der Waals surface area contributed by atoms with Crippen molar-refractivity contribution in [3.05, 3.63) is 12.2 Å². The van der Waals surface area contributed by atoms with Gasteiger partial charge in [0.25, 0.3) is 0 Å². The Morgan fingerprint density at radius 3 is 1.64 bits per heavy atom. The highest BCUT2D eigenvalue weighted by molar-refractivity contribution is 6.63. The molecule has 25 heavy (non-hydrogen) atoms. The smallest absolute Gasteiger partial charge is 0.0960 e. The van der Waals surface area contributed by atoms with Crippen molar-refractivity contribution in [3.63, 3.8) is 0 Å². The molecule has 140 valence electrons. The lowest BCUT2D eigenvalue weighted by atomic mass is 9.25. The molecule has 0 N–H and O–H groups in total. The average Bonchev–Trinajstić information content (AvgIpc) is 3.32. The molecule has 4 rings (SSSR count). The fraction of sp³-hybridized carbons (Fsp3) is 0.917. The fourth-order valence-electron chi connectivity index (χ4n) is 8.42. The first-order valence-corrected chi connectivity index (χ1v) is 11.3. The minimum atomic E-state index is 0.625. The Balaban J connectivity index is 1.66. The normalized spacial score (nSPS) is 49.4. The van der Waals surface area contributed by atoms with Gasteiger partial charge in [-0.3, -0.25) is 0 Å². The van der Waals surface area contributed by atoms with Crippen LogP contribution in [0.1, 0.15) is 74.1 Å². The maximum Gasteiger partial charge on any atom is 0.151 e. The summed E-state index contributed by atoms with van der Waals surface area (Å²) in [5.41, 5.74) is 1.25. The Bertz CT molecular complexity index is 502. The Hall–Kier alpha value is -0.195. The van der Waals surface area contributed by atoms with Crippen LogP contribution in [0.5, 0.6) is 0 Å². The SMILES string of the molecule is C/C=C\CB([C@H]1[C@H]2[C@@H](CC[C@@H]1C)C2(C)C)[C@H]1[C@H]2[C@@H](CC[C@@H]1C)C2(C)C. The minimum absolute atomic E-state index is 0.625. The van der Waals surface area contributed by atoms with Crippen molar-refractivity contribution >= 4 is 6.71 Å². The van der Waals surface area contributed by atoms with Crippen molar-refractivity contribution in [1.82, 2.24) is 0 Å². The van der Waals surface area contributed by atoms with E-state index in [2.05, 4.69) is 60.6 Å². The van der Waals surface area contributed by atoms with E-state index in [0.29, 0.717) is 10.8 Å².